The third-order valence-electron chi connectivity index (χ3n) is 4.22. The van der Waals surface area contributed by atoms with E-state index in [1.807, 2.05) is 31.6 Å². The predicted molar refractivity (Wildman–Crippen MR) is 108 cm³/mol. The van der Waals surface area contributed by atoms with E-state index in [-0.39, 0.29) is 0 Å². The Morgan fingerprint density at radius 1 is 1.04 bits per heavy atom. The molecule has 7 heteroatoms. The van der Waals surface area contributed by atoms with E-state index in [9.17, 15) is 0 Å². The first kappa shape index (κ1) is 16.9. The molecule has 0 aliphatic carbocycles. The summed E-state index contributed by atoms with van der Waals surface area (Å²) in [6.45, 7) is 2.81. The topological polar surface area (TPSA) is 72.3 Å². The number of aromatic amines is 1. The van der Waals surface area contributed by atoms with Crippen LogP contribution in [0.3, 0.4) is 0 Å². The van der Waals surface area contributed by atoms with Crippen LogP contribution in [0.5, 0.6) is 0 Å². The summed E-state index contributed by atoms with van der Waals surface area (Å²) >= 11 is 2.32. The van der Waals surface area contributed by atoms with Crippen molar-refractivity contribution in [3.05, 3.63) is 69.9 Å². The highest BCUT2D eigenvalue weighted by molar-refractivity contribution is 14.1. The molecule has 3 heterocycles. The summed E-state index contributed by atoms with van der Waals surface area (Å²) < 4.78 is 3.35. The standard InChI is InChI=1S/C19H17IN6/c1-13-19(24-25-23-13)15-6-8-21-17(10-15)18-11-26(12-22-18)9-7-14-2-4-16(20)5-3-14/h2-6,8,10-12H,7,9H2,1H3,(H,23,24,25). The van der Waals surface area contributed by atoms with E-state index in [2.05, 4.69) is 76.8 Å². The van der Waals surface area contributed by atoms with E-state index >= 15 is 0 Å². The molecule has 0 fully saturated rings. The van der Waals surface area contributed by atoms with Gasteiger partial charge in [0.1, 0.15) is 11.4 Å². The lowest BCUT2D eigenvalue weighted by molar-refractivity contribution is 0.696. The zero-order chi connectivity index (χ0) is 17.9. The normalized spacial score (nSPS) is 11.0. The highest BCUT2D eigenvalue weighted by atomic mass is 127. The molecule has 0 aliphatic rings. The second-order valence-corrected chi connectivity index (χ2v) is 7.31. The van der Waals surface area contributed by atoms with Gasteiger partial charge in [0.25, 0.3) is 0 Å². The molecular formula is C19H17IN6. The van der Waals surface area contributed by atoms with Gasteiger partial charge in [-0.25, -0.2) is 4.98 Å². The van der Waals surface area contributed by atoms with Gasteiger partial charge >= 0.3 is 0 Å². The van der Waals surface area contributed by atoms with Crippen LogP contribution in [0.15, 0.2) is 55.1 Å². The third-order valence-corrected chi connectivity index (χ3v) is 4.94. The number of aromatic nitrogens is 6. The molecule has 0 radical (unpaired) electrons. The Bertz CT molecular complexity index is 1020. The molecule has 0 bridgehead atoms. The van der Waals surface area contributed by atoms with Gasteiger partial charge in [-0.05, 0) is 65.8 Å². The smallest absolute Gasteiger partial charge is 0.115 e. The Balaban J connectivity index is 1.51. The van der Waals surface area contributed by atoms with Crippen molar-refractivity contribution in [1.82, 2.24) is 29.9 Å². The van der Waals surface area contributed by atoms with Crippen LogP contribution in [-0.4, -0.2) is 29.9 Å². The van der Waals surface area contributed by atoms with Gasteiger partial charge in [-0.1, -0.05) is 12.1 Å². The summed E-state index contributed by atoms with van der Waals surface area (Å²) in [7, 11) is 0. The number of H-pyrrole nitrogens is 1. The van der Waals surface area contributed by atoms with Crippen molar-refractivity contribution in [2.75, 3.05) is 0 Å². The molecule has 0 atom stereocenters. The number of hydrogen-bond donors (Lipinski definition) is 1. The fourth-order valence-corrected chi connectivity index (χ4v) is 3.16. The van der Waals surface area contributed by atoms with E-state index in [1.165, 1.54) is 9.13 Å². The highest BCUT2D eigenvalue weighted by Gasteiger charge is 2.10. The Hall–Kier alpha value is -2.55. The van der Waals surface area contributed by atoms with Crippen LogP contribution in [-0.2, 0) is 13.0 Å². The number of halogens is 1. The zero-order valence-corrected chi connectivity index (χ0v) is 16.4. The number of nitrogens with zero attached hydrogens (tertiary/aromatic N) is 5. The maximum atomic E-state index is 4.51. The number of rotatable bonds is 5. The summed E-state index contributed by atoms with van der Waals surface area (Å²) in [6, 6.07) is 12.5. The van der Waals surface area contributed by atoms with Crippen LogP contribution < -0.4 is 0 Å². The fraction of sp³-hybridized carbons (Fsp3) is 0.158. The summed E-state index contributed by atoms with van der Waals surface area (Å²) in [5, 5.41) is 10.9. The number of imidazole rings is 1. The maximum Gasteiger partial charge on any atom is 0.115 e. The predicted octanol–water partition coefficient (Wildman–Crippen LogP) is 3.89. The molecule has 0 spiro atoms. The first-order valence-electron chi connectivity index (χ1n) is 8.29. The highest BCUT2D eigenvalue weighted by Crippen LogP contribution is 2.23. The number of benzene rings is 1. The van der Waals surface area contributed by atoms with Gasteiger partial charge in [0, 0.05) is 28.1 Å². The zero-order valence-electron chi connectivity index (χ0n) is 14.2. The SMILES string of the molecule is Cc1n[nH]nc1-c1ccnc(-c2cn(CCc3ccc(I)cc3)cn2)c1. The van der Waals surface area contributed by atoms with Gasteiger partial charge in [0.15, 0.2) is 0 Å². The molecule has 0 aliphatic heterocycles. The molecule has 0 saturated heterocycles. The van der Waals surface area contributed by atoms with Crippen molar-refractivity contribution in [2.45, 2.75) is 19.9 Å². The Morgan fingerprint density at radius 3 is 2.65 bits per heavy atom. The van der Waals surface area contributed by atoms with Gasteiger partial charge in [-0.2, -0.15) is 15.4 Å². The average Bonchev–Trinajstić information content (AvgIpc) is 3.30. The monoisotopic (exact) mass is 456 g/mol. The molecule has 4 aromatic rings. The fourth-order valence-electron chi connectivity index (χ4n) is 2.80. The van der Waals surface area contributed by atoms with Gasteiger partial charge in [0.2, 0.25) is 0 Å². The van der Waals surface area contributed by atoms with Crippen LogP contribution in [0.1, 0.15) is 11.3 Å². The van der Waals surface area contributed by atoms with Crippen molar-refractivity contribution in [1.29, 1.82) is 0 Å². The minimum absolute atomic E-state index is 0.831. The van der Waals surface area contributed by atoms with Gasteiger partial charge in [0.05, 0.1) is 17.7 Å². The molecule has 0 amide bonds. The van der Waals surface area contributed by atoms with Crippen molar-refractivity contribution in [3.63, 3.8) is 0 Å². The lowest BCUT2D eigenvalue weighted by atomic mass is 10.1. The van der Waals surface area contributed by atoms with Crippen LogP contribution in [0, 0.1) is 10.5 Å². The number of aryl methyl sites for hydroxylation is 3. The lowest BCUT2D eigenvalue weighted by Crippen LogP contribution is -1.98. The van der Waals surface area contributed by atoms with Crippen molar-refractivity contribution in [2.24, 2.45) is 0 Å². The quantitative estimate of drug-likeness (QED) is 0.463. The van der Waals surface area contributed by atoms with E-state index in [0.29, 0.717) is 0 Å². The van der Waals surface area contributed by atoms with Crippen molar-refractivity contribution < 1.29 is 0 Å². The molecule has 1 aromatic carbocycles. The molecule has 3 aromatic heterocycles. The van der Waals surface area contributed by atoms with Gasteiger partial charge in [-0.15, -0.1) is 0 Å². The minimum atomic E-state index is 0.831. The molecule has 0 saturated carbocycles. The average molecular weight is 456 g/mol. The number of pyridine rings is 1. The Labute approximate surface area is 164 Å². The van der Waals surface area contributed by atoms with E-state index < -0.39 is 0 Å². The lowest BCUT2D eigenvalue weighted by Gasteiger charge is -2.03. The van der Waals surface area contributed by atoms with Crippen LogP contribution in [0.25, 0.3) is 22.6 Å². The van der Waals surface area contributed by atoms with Crippen LogP contribution in [0.2, 0.25) is 0 Å². The van der Waals surface area contributed by atoms with E-state index in [1.54, 1.807) is 6.20 Å². The summed E-state index contributed by atoms with van der Waals surface area (Å²) in [6.07, 6.45) is 6.65. The second kappa shape index (κ2) is 7.36. The van der Waals surface area contributed by atoms with Gasteiger partial charge < -0.3 is 4.57 Å². The summed E-state index contributed by atoms with van der Waals surface area (Å²) in [5.41, 5.74) is 5.70. The summed E-state index contributed by atoms with van der Waals surface area (Å²) in [4.78, 5) is 8.97. The van der Waals surface area contributed by atoms with E-state index in [4.69, 9.17) is 0 Å². The molecule has 0 unspecified atom stereocenters. The van der Waals surface area contributed by atoms with Crippen molar-refractivity contribution in [3.8, 4) is 22.6 Å². The summed E-state index contributed by atoms with van der Waals surface area (Å²) in [5.74, 6) is 0. The number of hydrogen-bond acceptors (Lipinski definition) is 4. The molecule has 6 nitrogen and oxygen atoms in total. The Kier molecular flexibility index (Phi) is 4.79. The maximum absolute atomic E-state index is 4.51. The van der Waals surface area contributed by atoms with Gasteiger partial charge in [-0.3, -0.25) is 4.98 Å². The Morgan fingerprint density at radius 2 is 1.88 bits per heavy atom. The first-order valence-corrected chi connectivity index (χ1v) is 9.37. The second-order valence-electron chi connectivity index (χ2n) is 6.06. The first-order chi connectivity index (χ1) is 12.7. The van der Waals surface area contributed by atoms with E-state index in [0.717, 1.165) is 41.3 Å². The van der Waals surface area contributed by atoms with Crippen LogP contribution in [0.4, 0.5) is 0 Å². The third kappa shape index (κ3) is 3.67. The largest absolute Gasteiger partial charge is 0.336 e. The molecule has 1 N–H and O–H groups in total. The number of nitrogens with one attached hydrogen (secondary N) is 1. The molecule has 26 heavy (non-hydrogen) atoms. The van der Waals surface area contributed by atoms with Crippen LogP contribution >= 0.6 is 22.6 Å². The molecule has 4 rings (SSSR count). The molecular weight excluding hydrogens is 439 g/mol. The minimum Gasteiger partial charge on any atom is -0.336 e. The molecule has 130 valence electrons. The van der Waals surface area contributed by atoms with Crippen molar-refractivity contribution >= 4 is 22.6 Å².